The van der Waals surface area contributed by atoms with Crippen LogP contribution in [0, 0.1) is 0 Å². The number of primary amides is 1. The Kier molecular flexibility index (Phi) is 5.97. The molecule has 0 radical (unpaired) electrons. The molecule has 2 aromatic carbocycles. The third-order valence-corrected chi connectivity index (χ3v) is 3.68. The van der Waals surface area contributed by atoms with Gasteiger partial charge in [-0.15, -0.1) is 0 Å². The molecule has 7 nitrogen and oxygen atoms in total. The first kappa shape index (κ1) is 18.3. The summed E-state index contributed by atoms with van der Waals surface area (Å²) in [5, 5.41) is 14.2. The zero-order valence-electron chi connectivity index (χ0n) is 14.2. The number of benzene rings is 2. The largest absolute Gasteiger partial charge is 0.497 e. The predicted octanol–water partition coefficient (Wildman–Crippen LogP) is 2.14. The third kappa shape index (κ3) is 4.95. The van der Waals surface area contributed by atoms with E-state index in [1.54, 1.807) is 20.1 Å². The maximum atomic E-state index is 12.0. The van der Waals surface area contributed by atoms with E-state index >= 15 is 0 Å². The van der Waals surface area contributed by atoms with Crippen LogP contribution in [-0.2, 0) is 4.79 Å². The Morgan fingerprint density at radius 3 is 2.60 bits per heavy atom. The van der Waals surface area contributed by atoms with Gasteiger partial charge in [-0.25, -0.2) is 9.86 Å². The Morgan fingerprint density at radius 2 is 1.92 bits per heavy atom. The van der Waals surface area contributed by atoms with Crippen molar-refractivity contribution in [1.29, 1.82) is 0 Å². The number of rotatable bonds is 6. The van der Waals surface area contributed by atoms with Crippen molar-refractivity contribution in [3.63, 3.8) is 0 Å². The molecular formula is C18H21N3O4. The van der Waals surface area contributed by atoms with Gasteiger partial charge in [0.1, 0.15) is 5.75 Å². The van der Waals surface area contributed by atoms with Crippen molar-refractivity contribution in [3.05, 3.63) is 47.5 Å². The Labute approximate surface area is 145 Å². The molecule has 0 saturated carbocycles. The molecular weight excluding hydrogens is 322 g/mol. The summed E-state index contributed by atoms with van der Waals surface area (Å²) in [4.78, 5) is 22.7. The molecule has 132 valence electrons. The lowest BCUT2D eigenvalue weighted by atomic mass is 10.0. The zero-order chi connectivity index (χ0) is 18.4. The van der Waals surface area contributed by atoms with Gasteiger partial charge in [0, 0.05) is 12.1 Å². The predicted molar refractivity (Wildman–Crippen MR) is 95.2 cm³/mol. The first-order valence-electron chi connectivity index (χ1n) is 7.71. The van der Waals surface area contributed by atoms with Gasteiger partial charge in [-0.3, -0.25) is 10.0 Å². The number of nitrogens with one attached hydrogen (secondary N) is 1. The number of carbonyl (C=O) groups excluding carboxylic acids is 2. The number of urea groups is 1. The minimum absolute atomic E-state index is 0.0772. The summed E-state index contributed by atoms with van der Waals surface area (Å²) < 4.78 is 5.20. The summed E-state index contributed by atoms with van der Waals surface area (Å²) in [6.07, 6.45) is 1.77. The Balaban J connectivity index is 2.04. The molecule has 0 unspecified atom stereocenters. The van der Waals surface area contributed by atoms with E-state index in [4.69, 9.17) is 15.7 Å². The van der Waals surface area contributed by atoms with Crippen LogP contribution in [-0.4, -0.2) is 42.4 Å². The number of carbonyl (C=O) groups is 2. The summed E-state index contributed by atoms with van der Waals surface area (Å²) >= 11 is 0. The Hall–Kier alpha value is -3.06. The molecule has 3 amide bonds. The number of hydrogen-bond donors (Lipinski definition) is 3. The van der Waals surface area contributed by atoms with Gasteiger partial charge < -0.3 is 15.8 Å². The van der Waals surface area contributed by atoms with Crippen LogP contribution in [0.1, 0.15) is 12.5 Å². The van der Waals surface area contributed by atoms with Gasteiger partial charge in [-0.2, -0.15) is 0 Å². The normalized spacial score (nSPS) is 11.2. The van der Waals surface area contributed by atoms with Crippen LogP contribution in [0.15, 0.2) is 42.0 Å². The highest BCUT2D eigenvalue weighted by Gasteiger charge is 2.08. The SMILES string of the molecule is COc1ccc2cc(/C=C(/C)C(=O)NCCN(O)C(N)=O)ccc2c1. The molecule has 7 heteroatoms. The number of fused-ring (bicyclic) bond motifs is 1. The molecule has 0 bridgehead atoms. The molecule has 0 heterocycles. The number of ether oxygens (including phenoxy) is 1. The van der Waals surface area contributed by atoms with Crippen LogP contribution in [0.4, 0.5) is 4.79 Å². The smallest absolute Gasteiger partial charge is 0.338 e. The van der Waals surface area contributed by atoms with Crippen LogP contribution in [0.3, 0.4) is 0 Å². The van der Waals surface area contributed by atoms with Crippen LogP contribution in [0.2, 0.25) is 0 Å². The van der Waals surface area contributed by atoms with Gasteiger partial charge in [0.05, 0.1) is 13.7 Å². The molecule has 0 aliphatic heterocycles. The van der Waals surface area contributed by atoms with E-state index in [1.807, 2.05) is 36.4 Å². The van der Waals surface area contributed by atoms with E-state index in [1.165, 1.54) is 0 Å². The summed E-state index contributed by atoms with van der Waals surface area (Å²) in [5.74, 6) is 0.507. The van der Waals surface area contributed by atoms with E-state index in [0.717, 1.165) is 22.1 Å². The quantitative estimate of drug-likeness (QED) is 0.424. The van der Waals surface area contributed by atoms with Crippen molar-refractivity contribution in [3.8, 4) is 5.75 Å². The van der Waals surface area contributed by atoms with Gasteiger partial charge >= 0.3 is 6.03 Å². The van der Waals surface area contributed by atoms with Crippen LogP contribution < -0.4 is 15.8 Å². The van der Waals surface area contributed by atoms with Crippen LogP contribution in [0.25, 0.3) is 16.8 Å². The fourth-order valence-electron chi connectivity index (χ4n) is 2.30. The molecule has 0 aliphatic rings. The van der Waals surface area contributed by atoms with Crippen molar-refractivity contribution < 1.29 is 19.5 Å². The molecule has 0 fully saturated rings. The van der Waals surface area contributed by atoms with Crippen LogP contribution in [0.5, 0.6) is 5.75 Å². The highest BCUT2D eigenvalue weighted by molar-refractivity contribution is 5.98. The van der Waals surface area contributed by atoms with Crippen molar-refractivity contribution >= 4 is 28.8 Å². The molecule has 25 heavy (non-hydrogen) atoms. The number of nitrogens with zero attached hydrogens (tertiary/aromatic N) is 1. The highest BCUT2D eigenvalue weighted by Crippen LogP contribution is 2.22. The van der Waals surface area contributed by atoms with E-state index < -0.39 is 6.03 Å². The summed E-state index contributed by atoms with van der Waals surface area (Å²) in [5.41, 5.74) is 6.29. The maximum Gasteiger partial charge on any atom is 0.338 e. The molecule has 4 N–H and O–H groups in total. The van der Waals surface area contributed by atoms with Gasteiger partial charge in [0.25, 0.3) is 0 Å². The summed E-state index contributed by atoms with van der Waals surface area (Å²) in [6, 6.07) is 10.7. The number of nitrogens with two attached hydrogens (primary N) is 1. The minimum Gasteiger partial charge on any atom is -0.497 e. The van der Waals surface area contributed by atoms with Crippen molar-refractivity contribution in [2.24, 2.45) is 5.73 Å². The fraction of sp³-hybridized carbons (Fsp3) is 0.222. The highest BCUT2D eigenvalue weighted by atomic mass is 16.5. The van der Waals surface area contributed by atoms with E-state index in [0.29, 0.717) is 10.6 Å². The fourth-order valence-corrected chi connectivity index (χ4v) is 2.30. The molecule has 0 spiro atoms. The molecule has 0 aliphatic carbocycles. The van der Waals surface area contributed by atoms with Gasteiger partial charge in [-0.1, -0.05) is 18.2 Å². The second-order valence-corrected chi connectivity index (χ2v) is 5.52. The standard InChI is InChI=1S/C18H21N3O4/c1-12(17(22)20-7-8-21(24)18(19)23)9-13-3-4-15-11-16(25-2)6-5-14(15)10-13/h3-6,9-11,24H,7-8H2,1-2H3,(H2,19,23)(H,20,22)/b12-9-. The number of amides is 3. The van der Waals surface area contributed by atoms with E-state index in [-0.39, 0.29) is 19.0 Å². The second kappa shape index (κ2) is 8.16. The van der Waals surface area contributed by atoms with Gasteiger partial charge in [0.15, 0.2) is 0 Å². The lowest BCUT2D eigenvalue weighted by Gasteiger charge is -2.12. The second-order valence-electron chi connectivity index (χ2n) is 5.52. The topological polar surface area (TPSA) is 105 Å². The molecule has 2 aromatic rings. The monoisotopic (exact) mass is 343 g/mol. The van der Waals surface area contributed by atoms with E-state index in [9.17, 15) is 9.59 Å². The average Bonchev–Trinajstić information content (AvgIpc) is 2.60. The number of hydroxylamine groups is 2. The van der Waals surface area contributed by atoms with Gasteiger partial charge in [0.2, 0.25) is 5.91 Å². The van der Waals surface area contributed by atoms with Crippen molar-refractivity contribution in [2.75, 3.05) is 20.2 Å². The number of hydrogen-bond acceptors (Lipinski definition) is 4. The van der Waals surface area contributed by atoms with Crippen LogP contribution >= 0.6 is 0 Å². The number of methoxy groups -OCH3 is 1. The first-order chi connectivity index (χ1) is 11.9. The summed E-state index contributed by atoms with van der Waals surface area (Å²) in [6.45, 7) is 1.71. The molecule has 2 rings (SSSR count). The minimum atomic E-state index is -0.964. The lowest BCUT2D eigenvalue weighted by molar-refractivity contribution is -0.117. The molecule has 0 aromatic heterocycles. The molecule has 0 atom stereocenters. The zero-order valence-corrected chi connectivity index (χ0v) is 14.2. The van der Waals surface area contributed by atoms with Gasteiger partial charge in [-0.05, 0) is 47.5 Å². The van der Waals surface area contributed by atoms with E-state index in [2.05, 4.69) is 5.32 Å². The average molecular weight is 343 g/mol. The van der Waals surface area contributed by atoms with Crippen molar-refractivity contribution in [1.82, 2.24) is 10.4 Å². The Morgan fingerprint density at radius 1 is 1.24 bits per heavy atom. The maximum absolute atomic E-state index is 12.0. The first-order valence-corrected chi connectivity index (χ1v) is 7.71. The molecule has 0 saturated heterocycles. The third-order valence-electron chi connectivity index (χ3n) is 3.68. The Bertz CT molecular complexity index is 817. The van der Waals surface area contributed by atoms with Crippen molar-refractivity contribution in [2.45, 2.75) is 6.92 Å². The summed E-state index contributed by atoms with van der Waals surface area (Å²) in [7, 11) is 1.62. The lowest BCUT2D eigenvalue weighted by Crippen LogP contribution is -2.39.